The van der Waals surface area contributed by atoms with E-state index in [-0.39, 0.29) is 17.9 Å². The first-order valence-electron chi connectivity index (χ1n) is 3.94. The fourth-order valence-electron chi connectivity index (χ4n) is 1.21. The molecule has 0 aromatic heterocycles. The molecule has 5 heteroatoms. The smallest absolute Gasteiger partial charge is 0.250 e. The lowest BCUT2D eigenvalue weighted by Crippen LogP contribution is -2.53. The summed E-state index contributed by atoms with van der Waals surface area (Å²) in [5.74, 6) is -0.0128. The molecule has 1 saturated heterocycles. The van der Waals surface area contributed by atoms with Crippen molar-refractivity contribution >= 4 is 18.5 Å². The van der Waals surface area contributed by atoms with Gasteiger partial charge in [-0.2, -0.15) is 12.6 Å². The quantitative estimate of drug-likeness (QED) is 0.549. The van der Waals surface area contributed by atoms with E-state index in [1.165, 1.54) is 0 Å². The van der Waals surface area contributed by atoms with Gasteiger partial charge in [-0.3, -0.25) is 9.69 Å². The summed E-state index contributed by atoms with van der Waals surface area (Å²) < 4.78 is 0. The number of aliphatic hydroxyl groups excluding tert-OH is 1. The van der Waals surface area contributed by atoms with Crippen LogP contribution in [0, 0.1) is 0 Å². The minimum absolute atomic E-state index is 0.0128. The minimum atomic E-state index is -0.342. The molecule has 0 saturated carbocycles. The van der Waals surface area contributed by atoms with Gasteiger partial charge < -0.3 is 10.0 Å². The summed E-state index contributed by atoms with van der Waals surface area (Å²) in [4.78, 5) is 14.9. The maximum atomic E-state index is 11.4. The van der Waals surface area contributed by atoms with Crippen molar-refractivity contribution in [3.8, 4) is 0 Å². The molecule has 0 aromatic carbocycles. The van der Waals surface area contributed by atoms with Crippen molar-refractivity contribution in [2.75, 3.05) is 33.3 Å². The lowest BCUT2D eigenvalue weighted by Gasteiger charge is -2.35. The van der Waals surface area contributed by atoms with Gasteiger partial charge in [0.25, 0.3) is 0 Å². The van der Waals surface area contributed by atoms with Crippen LogP contribution in [0.15, 0.2) is 0 Å². The summed E-state index contributed by atoms with van der Waals surface area (Å²) in [6.07, 6.45) is 0. The molecule has 0 radical (unpaired) electrons. The number of likely N-dealkylation sites (N-methyl/N-ethyl adjacent to an activating group) is 1. The number of carbonyl (C=O) groups is 1. The molecular weight excluding hydrogens is 176 g/mol. The largest absolute Gasteiger partial charge is 0.395 e. The number of nitrogens with zero attached hydrogens (tertiary/aromatic N) is 2. The third kappa shape index (κ3) is 1.91. The number of carbonyl (C=O) groups excluding carboxylic acids is 1. The van der Waals surface area contributed by atoms with E-state index in [1.807, 2.05) is 11.9 Å². The third-order valence-electron chi connectivity index (χ3n) is 2.04. The molecule has 0 aliphatic carbocycles. The van der Waals surface area contributed by atoms with E-state index in [9.17, 15) is 4.79 Å². The fraction of sp³-hybridized carbons (Fsp3) is 0.857. The molecule has 1 atom stereocenters. The topological polar surface area (TPSA) is 43.8 Å². The maximum absolute atomic E-state index is 11.4. The molecule has 12 heavy (non-hydrogen) atoms. The zero-order chi connectivity index (χ0) is 9.14. The van der Waals surface area contributed by atoms with Crippen LogP contribution in [0.5, 0.6) is 0 Å². The Labute approximate surface area is 77.6 Å². The van der Waals surface area contributed by atoms with Crippen LogP contribution in [-0.2, 0) is 4.79 Å². The van der Waals surface area contributed by atoms with Crippen molar-refractivity contribution in [3.63, 3.8) is 0 Å². The molecule has 0 spiro atoms. The van der Waals surface area contributed by atoms with Crippen LogP contribution in [-0.4, -0.2) is 59.5 Å². The first-order valence-corrected chi connectivity index (χ1v) is 4.46. The Hall–Kier alpha value is -0.260. The van der Waals surface area contributed by atoms with E-state index in [4.69, 9.17) is 5.11 Å². The average molecular weight is 190 g/mol. The minimum Gasteiger partial charge on any atom is -0.395 e. The van der Waals surface area contributed by atoms with Gasteiger partial charge in [0.2, 0.25) is 5.91 Å². The second-order valence-electron chi connectivity index (χ2n) is 2.90. The number of thiol groups is 1. The molecule has 4 nitrogen and oxygen atoms in total. The molecule has 1 heterocycles. The van der Waals surface area contributed by atoms with E-state index < -0.39 is 0 Å². The van der Waals surface area contributed by atoms with Crippen LogP contribution in [0.3, 0.4) is 0 Å². The Balaban J connectivity index is 2.53. The summed E-state index contributed by atoms with van der Waals surface area (Å²) in [6.45, 7) is 1.95. The SMILES string of the molecule is CN1CCN(CCO)C(=O)C1S. The van der Waals surface area contributed by atoms with Crippen molar-refractivity contribution in [1.29, 1.82) is 0 Å². The second-order valence-corrected chi connectivity index (χ2v) is 3.39. The second kappa shape index (κ2) is 4.11. The van der Waals surface area contributed by atoms with Crippen LogP contribution in [0.1, 0.15) is 0 Å². The van der Waals surface area contributed by atoms with E-state index >= 15 is 0 Å². The maximum Gasteiger partial charge on any atom is 0.250 e. The van der Waals surface area contributed by atoms with Gasteiger partial charge in [-0.1, -0.05) is 0 Å². The van der Waals surface area contributed by atoms with Crippen molar-refractivity contribution in [1.82, 2.24) is 9.80 Å². The summed E-state index contributed by atoms with van der Waals surface area (Å²) >= 11 is 4.16. The van der Waals surface area contributed by atoms with E-state index in [0.29, 0.717) is 13.1 Å². The van der Waals surface area contributed by atoms with Gasteiger partial charge in [0.15, 0.2) is 0 Å². The third-order valence-corrected chi connectivity index (χ3v) is 2.66. The highest BCUT2D eigenvalue weighted by Crippen LogP contribution is 2.11. The summed E-state index contributed by atoms with van der Waals surface area (Å²) in [5, 5.41) is 8.31. The zero-order valence-corrected chi connectivity index (χ0v) is 8.00. The molecule has 1 fully saturated rings. The van der Waals surface area contributed by atoms with Gasteiger partial charge in [0.1, 0.15) is 5.37 Å². The number of β-amino-alcohol motifs (C(OH)–C–C–N with tert-alkyl or cyclic N) is 1. The summed E-state index contributed by atoms with van der Waals surface area (Å²) in [7, 11) is 1.87. The monoisotopic (exact) mass is 190 g/mol. The first kappa shape index (κ1) is 9.83. The lowest BCUT2D eigenvalue weighted by molar-refractivity contribution is -0.137. The molecule has 1 rings (SSSR count). The Morgan fingerprint density at radius 2 is 2.33 bits per heavy atom. The Kier molecular flexibility index (Phi) is 3.37. The first-order chi connectivity index (χ1) is 5.66. The standard InChI is InChI=1S/C7H14N2O2S/c1-8-2-3-9(4-5-10)6(11)7(8)12/h7,10,12H,2-5H2,1H3. The molecule has 1 amide bonds. The van der Waals surface area contributed by atoms with Gasteiger partial charge in [-0.15, -0.1) is 0 Å². The normalized spacial score (nSPS) is 26.4. The zero-order valence-electron chi connectivity index (χ0n) is 7.10. The summed E-state index contributed by atoms with van der Waals surface area (Å²) in [6, 6.07) is 0. The fourth-order valence-corrected chi connectivity index (χ4v) is 1.48. The molecular formula is C7H14N2O2S. The number of hydrogen-bond acceptors (Lipinski definition) is 4. The highest BCUT2D eigenvalue weighted by molar-refractivity contribution is 7.81. The van der Waals surface area contributed by atoms with Crippen LogP contribution in [0.4, 0.5) is 0 Å². The molecule has 1 aliphatic rings. The van der Waals surface area contributed by atoms with Gasteiger partial charge in [0, 0.05) is 19.6 Å². The van der Waals surface area contributed by atoms with Crippen LogP contribution < -0.4 is 0 Å². The number of piperazine rings is 1. The number of aliphatic hydroxyl groups is 1. The average Bonchev–Trinajstić information content (AvgIpc) is 2.07. The molecule has 0 aromatic rings. The molecule has 1 aliphatic heterocycles. The van der Waals surface area contributed by atoms with Crippen molar-refractivity contribution in [3.05, 3.63) is 0 Å². The van der Waals surface area contributed by atoms with E-state index in [1.54, 1.807) is 4.90 Å². The lowest BCUT2D eigenvalue weighted by atomic mass is 10.3. The number of amides is 1. The number of rotatable bonds is 2. The Morgan fingerprint density at radius 1 is 1.67 bits per heavy atom. The van der Waals surface area contributed by atoms with E-state index in [2.05, 4.69) is 12.6 Å². The highest BCUT2D eigenvalue weighted by Gasteiger charge is 2.28. The van der Waals surface area contributed by atoms with Gasteiger partial charge >= 0.3 is 0 Å². The van der Waals surface area contributed by atoms with Crippen molar-refractivity contribution in [2.45, 2.75) is 5.37 Å². The van der Waals surface area contributed by atoms with Crippen LogP contribution >= 0.6 is 12.6 Å². The van der Waals surface area contributed by atoms with Gasteiger partial charge in [0.05, 0.1) is 6.61 Å². The van der Waals surface area contributed by atoms with E-state index in [0.717, 1.165) is 6.54 Å². The summed E-state index contributed by atoms with van der Waals surface area (Å²) in [5.41, 5.74) is 0. The van der Waals surface area contributed by atoms with Gasteiger partial charge in [-0.25, -0.2) is 0 Å². The van der Waals surface area contributed by atoms with Crippen molar-refractivity contribution in [2.24, 2.45) is 0 Å². The molecule has 1 N–H and O–H groups in total. The Morgan fingerprint density at radius 3 is 2.92 bits per heavy atom. The molecule has 1 unspecified atom stereocenters. The Bertz CT molecular complexity index is 177. The van der Waals surface area contributed by atoms with Gasteiger partial charge in [-0.05, 0) is 7.05 Å². The predicted molar refractivity (Wildman–Crippen MR) is 49.1 cm³/mol. The molecule has 0 bridgehead atoms. The van der Waals surface area contributed by atoms with Crippen molar-refractivity contribution < 1.29 is 9.90 Å². The predicted octanol–water partition coefficient (Wildman–Crippen LogP) is -0.991. The molecule has 70 valence electrons. The van der Waals surface area contributed by atoms with Crippen LogP contribution in [0.25, 0.3) is 0 Å². The number of hydrogen-bond donors (Lipinski definition) is 2. The highest BCUT2D eigenvalue weighted by atomic mass is 32.1. The van der Waals surface area contributed by atoms with Crippen LogP contribution in [0.2, 0.25) is 0 Å².